The molecule has 0 radical (unpaired) electrons. The van der Waals surface area contributed by atoms with Crippen LogP contribution in [-0.4, -0.2) is 61.0 Å². The number of nitrogens with one attached hydrogen (secondary N) is 1. The molecular weight excluding hydrogens is 430 g/mol. The fourth-order valence-corrected chi connectivity index (χ4v) is 3.73. The van der Waals surface area contributed by atoms with Crippen molar-refractivity contribution in [2.24, 2.45) is 5.92 Å². The topological polar surface area (TPSA) is 68.1 Å². The van der Waals surface area contributed by atoms with E-state index in [9.17, 15) is 13.6 Å². The first-order chi connectivity index (χ1) is 15.9. The van der Waals surface area contributed by atoms with Gasteiger partial charge in [0.25, 0.3) is 0 Å². The quantitative estimate of drug-likeness (QED) is 0.425. The smallest absolute Gasteiger partial charge is 0.387 e. The van der Waals surface area contributed by atoms with Crippen molar-refractivity contribution in [1.29, 1.82) is 0 Å². The molecular formula is C24H28F2N4O3. The van der Waals surface area contributed by atoms with Crippen molar-refractivity contribution in [3.8, 4) is 22.8 Å². The van der Waals surface area contributed by atoms with Gasteiger partial charge in [0, 0.05) is 43.5 Å². The lowest BCUT2D eigenvalue weighted by molar-refractivity contribution is -0.0500. The Morgan fingerprint density at radius 2 is 2.09 bits per heavy atom. The zero-order valence-electron chi connectivity index (χ0n) is 19.0. The standard InChI is InChI=1S/C24H28F2N4O3/c1-27-18-11-16(12-21(33-24(25)26)23(18)20(31)10-15-4-5-15)19-14-28-22-13-17(6-7-30(19)22)32-9-8-29(2)3/h6-7,11-15,24,27H,4-5,8-10H2,1-3H3. The number of imidazole rings is 1. The average Bonchev–Trinajstić information content (AvgIpc) is 3.47. The van der Waals surface area contributed by atoms with E-state index < -0.39 is 6.61 Å². The van der Waals surface area contributed by atoms with Crippen molar-refractivity contribution in [2.75, 3.05) is 39.6 Å². The Morgan fingerprint density at radius 1 is 1.30 bits per heavy atom. The maximum absolute atomic E-state index is 13.2. The number of nitrogens with zero attached hydrogens (tertiary/aromatic N) is 3. The molecule has 1 fully saturated rings. The second-order valence-electron chi connectivity index (χ2n) is 8.48. The van der Waals surface area contributed by atoms with Gasteiger partial charge in [0.2, 0.25) is 0 Å². The van der Waals surface area contributed by atoms with Gasteiger partial charge in [-0.15, -0.1) is 0 Å². The number of Topliss-reactive ketones (excluding diaryl/α,β-unsaturated/α-hetero) is 1. The van der Waals surface area contributed by atoms with E-state index in [0.717, 1.165) is 19.4 Å². The highest BCUT2D eigenvalue weighted by molar-refractivity contribution is 6.05. The molecule has 0 bridgehead atoms. The number of likely N-dealkylation sites (N-methyl/N-ethyl adjacent to an activating group) is 1. The molecule has 2 aromatic heterocycles. The molecule has 1 saturated carbocycles. The summed E-state index contributed by atoms with van der Waals surface area (Å²) in [6.45, 7) is -1.70. The SMILES string of the molecule is CNc1cc(-c2cnc3cc(OCCN(C)C)ccn23)cc(OC(F)F)c1C(=O)CC1CC1. The third kappa shape index (κ3) is 5.42. The van der Waals surface area contributed by atoms with Crippen LogP contribution in [-0.2, 0) is 0 Å². The molecule has 33 heavy (non-hydrogen) atoms. The van der Waals surface area contributed by atoms with Crippen molar-refractivity contribution in [3.05, 3.63) is 42.2 Å². The van der Waals surface area contributed by atoms with E-state index in [2.05, 4.69) is 10.3 Å². The molecule has 9 heteroatoms. The highest BCUT2D eigenvalue weighted by Gasteiger charge is 2.29. The van der Waals surface area contributed by atoms with Crippen LogP contribution in [0, 0.1) is 5.92 Å². The second kappa shape index (κ2) is 9.74. The van der Waals surface area contributed by atoms with Gasteiger partial charge in [0.05, 0.1) is 17.5 Å². The van der Waals surface area contributed by atoms with E-state index in [1.165, 1.54) is 6.07 Å². The molecule has 0 saturated heterocycles. The summed E-state index contributed by atoms with van der Waals surface area (Å²) in [5, 5.41) is 2.98. The molecule has 4 rings (SSSR count). The van der Waals surface area contributed by atoms with Crippen LogP contribution in [0.3, 0.4) is 0 Å². The van der Waals surface area contributed by atoms with Gasteiger partial charge >= 0.3 is 6.61 Å². The first-order valence-electron chi connectivity index (χ1n) is 10.9. The second-order valence-corrected chi connectivity index (χ2v) is 8.48. The van der Waals surface area contributed by atoms with Gasteiger partial charge in [-0.05, 0) is 51.1 Å². The van der Waals surface area contributed by atoms with Crippen molar-refractivity contribution in [3.63, 3.8) is 0 Å². The summed E-state index contributed by atoms with van der Waals surface area (Å²) in [6.07, 6.45) is 5.80. The first-order valence-corrected chi connectivity index (χ1v) is 10.9. The number of carbonyl (C=O) groups is 1. The lowest BCUT2D eigenvalue weighted by Crippen LogP contribution is -2.19. The fraction of sp³-hybridized carbons (Fsp3) is 0.417. The molecule has 0 atom stereocenters. The van der Waals surface area contributed by atoms with Crippen LogP contribution in [0.2, 0.25) is 0 Å². The minimum absolute atomic E-state index is 0.129. The van der Waals surface area contributed by atoms with Crippen molar-refractivity contribution >= 4 is 17.1 Å². The summed E-state index contributed by atoms with van der Waals surface area (Å²) in [7, 11) is 5.61. The van der Waals surface area contributed by atoms with E-state index in [0.29, 0.717) is 47.3 Å². The van der Waals surface area contributed by atoms with Gasteiger partial charge in [0.15, 0.2) is 5.78 Å². The zero-order chi connectivity index (χ0) is 23.5. The molecule has 0 aliphatic heterocycles. The Bertz CT molecular complexity index is 1140. The summed E-state index contributed by atoms with van der Waals surface area (Å²) in [6, 6.07) is 6.90. The number of anilines is 1. The number of rotatable bonds is 11. The van der Waals surface area contributed by atoms with Crippen LogP contribution >= 0.6 is 0 Å². The predicted molar refractivity (Wildman–Crippen MR) is 123 cm³/mol. The third-order valence-electron chi connectivity index (χ3n) is 5.63. The number of benzene rings is 1. The lowest BCUT2D eigenvalue weighted by Gasteiger charge is -2.17. The highest BCUT2D eigenvalue weighted by Crippen LogP contribution is 2.39. The summed E-state index contributed by atoms with van der Waals surface area (Å²) < 4.78 is 38.8. The van der Waals surface area contributed by atoms with E-state index in [1.54, 1.807) is 19.3 Å². The van der Waals surface area contributed by atoms with Crippen molar-refractivity contribution in [1.82, 2.24) is 14.3 Å². The number of alkyl halides is 2. The van der Waals surface area contributed by atoms with Gasteiger partial charge in [-0.3, -0.25) is 9.20 Å². The summed E-state index contributed by atoms with van der Waals surface area (Å²) in [4.78, 5) is 19.3. The molecule has 2 heterocycles. The Kier molecular flexibility index (Phi) is 6.78. The number of halogens is 2. The predicted octanol–water partition coefficient (Wildman–Crippen LogP) is 4.57. The van der Waals surface area contributed by atoms with Gasteiger partial charge in [-0.1, -0.05) is 0 Å². The maximum atomic E-state index is 13.2. The Hall–Kier alpha value is -3.20. The normalized spacial score (nSPS) is 13.7. The molecule has 7 nitrogen and oxygen atoms in total. The van der Waals surface area contributed by atoms with Gasteiger partial charge in [-0.25, -0.2) is 4.98 Å². The van der Waals surface area contributed by atoms with Crippen LogP contribution in [0.1, 0.15) is 29.6 Å². The number of ketones is 1. The van der Waals surface area contributed by atoms with Crippen LogP contribution in [0.25, 0.3) is 16.9 Å². The minimum Gasteiger partial charge on any atom is -0.492 e. The number of pyridine rings is 1. The molecule has 3 aromatic rings. The summed E-state index contributed by atoms with van der Waals surface area (Å²) in [5.41, 5.74) is 2.56. The average molecular weight is 459 g/mol. The Balaban J connectivity index is 1.69. The molecule has 1 aliphatic carbocycles. The number of hydrogen-bond acceptors (Lipinski definition) is 6. The van der Waals surface area contributed by atoms with E-state index in [-0.39, 0.29) is 17.1 Å². The monoisotopic (exact) mass is 458 g/mol. The minimum atomic E-state index is -3.04. The van der Waals surface area contributed by atoms with E-state index in [4.69, 9.17) is 9.47 Å². The van der Waals surface area contributed by atoms with Gasteiger partial charge in [-0.2, -0.15) is 8.78 Å². The van der Waals surface area contributed by atoms with Crippen LogP contribution < -0.4 is 14.8 Å². The van der Waals surface area contributed by atoms with Crippen molar-refractivity contribution in [2.45, 2.75) is 25.9 Å². The Morgan fingerprint density at radius 3 is 2.76 bits per heavy atom. The molecule has 176 valence electrons. The fourth-order valence-electron chi connectivity index (χ4n) is 3.73. The summed E-state index contributed by atoms with van der Waals surface area (Å²) in [5.74, 6) is 0.701. The van der Waals surface area contributed by atoms with E-state index in [1.807, 2.05) is 41.7 Å². The third-order valence-corrected chi connectivity index (χ3v) is 5.63. The number of aromatic nitrogens is 2. The molecule has 0 amide bonds. The summed E-state index contributed by atoms with van der Waals surface area (Å²) >= 11 is 0. The highest BCUT2D eigenvalue weighted by atomic mass is 19.3. The number of carbonyl (C=O) groups excluding carboxylic acids is 1. The molecule has 0 unspecified atom stereocenters. The van der Waals surface area contributed by atoms with Gasteiger partial charge < -0.3 is 19.7 Å². The van der Waals surface area contributed by atoms with E-state index >= 15 is 0 Å². The molecule has 1 aliphatic rings. The van der Waals surface area contributed by atoms with Crippen LogP contribution in [0.5, 0.6) is 11.5 Å². The first kappa shape index (κ1) is 23.0. The van der Waals surface area contributed by atoms with Crippen molar-refractivity contribution < 1.29 is 23.0 Å². The number of fused-ring (bicyclic) bond motifs is 1. The molecule has 0 spiro atoms. The lowest BCUT2D eigenvalue weighted by atomic mass is 9.99. The molecule has 1 aromatic carbocycles. The number of hydrogen-bond donors (Lipinski definition) is 1. The largest absolute Gasteiger partial charge is 0.492 e. The van der Waals surface area contributed by atoms with Gasteiger partial charge in [0.1, 0.15) is 23.8 Å². The number of ether oxygens (including phenoxy) is 2. The zero-order valence-corrected chi connectivity index (χ0v) is 19.0. The maximum Gasteiger partial charge on any atom is 0.387 e. The molecule has 1 N–H and O–H groups in total. The Labute approximate surface area is 191 Å². The van der Waals surface area contributed by atoms with Crippen LogP contribution in [0.15, 0.2) is 36.7 Å². The van der Waals surface area contributed by atoms with Crippen LogP contribution in [0.4, 0.5) is 14.5 Å².